The van der Waals surface area contributed by atoms with Crippen LogP contribution >= 0.6 is 15.9 Å². The Morgan fingerprint density at radius 3 is 2.74 bits per heavy atom. The Morgan fingerprint density at radius 1 is 1.37 bits per heavy atom. The van der Waals surface area contributed by atoms with E-state index in [-0.39, 0.29) is 11.4 Å². The second-order valence-electron chi connectivity index (χ2n) is 3.46. The molecule has 0 fully saturated rings. The van der Waals surface area contributed by atoms with Gasteiger partial charge in [0, 0.05) is 6.07 Å². The average Bonchev–Trinajstić information content (AvgIpc) is 2.42. The van der Waals surface area contributed by atoms with Gasteiger partial charge in [0.2, 0.25) is 0 Å². The average molecular weight is 320 g/mol. The Balaban J connectivity index is 2.29. The van der Waals surface area contributed by atoms with E-state index in [2.05, 4.69) is 20.9 Å². The predicted molar refractivity (Wildman–Crippen MR) is 69.8 cm³/mol. The van der Waals surface area contributed by atoms with E-state index in [4.69, 9.17) is 10.00 Å². The number of nitriles is 1. The highest BCUT2D eigenvalue weighted by molar-refractivity contribution is 9.10. The van der Waals surface area contributed by atoms with Crippen LogP contribution in [0.25, 0.3) is 0 Å². The topological polar surface area (TPSA) is 89.0 Å². The second-order valence-corrected chi connectivity index (χ2v) is 4.32. The first-order valence-electron chi connectivity index (χ1n) is 5.08. The van der Waals surface area contributed by atoms with E-state index in [9.17, 15) is 10.1 Å². The van der Waals surface area contributed by atoms with Crippen molar-refractivity contribution in [3.8, 4) is 17.6 Å². The number of non-ortho nitro benzene ring substituents is 1. The van der Waals surface area contributed by atoms with Crippen molar-refractivity contribution >= 4 is 21.6 Å². The van der Waals surface area contributed by atoms with Gasteiger partial charge in [-0.1, -0.05) is 0 Å². The van der Waals surface area contributed by atoms with Crippen LogP contribution in [0.4, 0.5) is 5.69 Å². The van der Waals surface area contributed by atoms with Crippen LogP contribution in [0.1, 0.15) is 5.69 Å². The van der Waals surface area contributed by atoms with Crippen LogP contribution in [0.3, 0.4) is 0 Å². The number of pyridine rings is 1. The highest BCUT2D eigenvalue weighted by Crippen LogP contribution is 2.32. The van der Waals surface area contributed by atoms with Crippen LogP contribution in [0.2, 0.25) is 0 Å². The van der Waals surface area contributed by atoms with E-state index < -0.39 is 4.92 Å². The van der Waals surface area contributed by atoms with Gasteiger partial charge in [-0.25, -0.2) is 4.98 Å². The monoisotopic (exact) mass is 319 g/mol. The van der Waals surface area contributed by atoms with Gasteiger partial charge in [-0.05, 0) is 34.1 Å². The smallest absolute Gasteiger partial charge is 0.273 e. The van der Waals surface area contributed by atoms with Crippen LogP contribution in [0.5, 0.6) is 11.5 Å². The summed E-state index contributed by atoms with van der Waals surface area (Å²) in [4.78, 5) is 14.0. The highest BCUT2D eigenvalue weighted by Gasteiger charge is 2.11. The van der Waals surface area contributed by atoms with Crippen LogP contribution in [0.15, 0.2) is 41.0 Å². The Hall–Kier alpha value is -2.46. The molecule has 6 nitrogen and oxygen atoms in total. The molecule has 19 heavy (non-hydrogen) atoms. The summed E-state index contributed by atoms with van der Waals surface area (Å²) in [5.41, 5.74) is 0.199. The van der Waals surface area contributed by atoms with E-state index in [1.54, 1.807) is 6.07 Å². The maximum absolute atomic E-state index is 10.7. The molecule has 1 aromatic carbocycles. The van der Waals surface area contributed by atoms with Crippen LogP contribution in [-0.2, 0) is 0 Å². The Bertz CT molecular complexity index is 665. The third-order valence-corrected chi connectivity index (χ3v) is 2.86. The minimum absolute atomic E-state index is 0.0696. The van der Waals surface area contributed by atoms with Gasteiger partial charge in [-0.15, -0.1) is 0 Å². The number of benzene rings is 1. The highest BCUT2D eigenvalue weighted by atomic mass is 79.9. The lowest BCUT2D eigenvalue weighted by Gasteiger charge is -2.06. The van der Waals surface area contributed by atoms with Crippen molar-refractivity contribution in [2.45, 2.75) is 0 Å². The number of rotatable bonds is 3. The summed E-state index contributed by atoms with van der Waals surface area (Å²) >= 11 is 3.24. The lowest BCUT2D eigenvalue weighted by Crippen LogP contribution is -1.91. The molecule has 0 aliphatic carbocycles. The van der Waals surface area contributed by atoms with Gasteiger partial charge < -0.3 is 4.74 Å². The molecule has 0 N–H and O–H groups in total. The maximum atomic E-state index is 10.7. The number of nitro groups is 1. The van der Waals surface area contributed by atoms with Crippen molar-refractivity contribution in [2.75, 3.05) is 0 Å². The van der Waals surface area contributed by atoms with E-state index in [0.717, 1.165) is 0 Å². The van der Waals surface area contributed by atoms with Gasteiger partial charge in [0.05, 0.1) is 21.7 Å². The first-order valence-corrected chi connectivity index (χ1v) is 5.87. The molecule has 94 valence electrons. The molecule has 1 heterocycles. The van der Waals surface area contributed by atoms with E-state index in [1.807, 2.05) is 6.07 Å². The summed E-state index contributed by atoms with van der Waals surface area (Å²) < 4.78 is 6.06. The van der Waals surface area contributed by atoms with E-state index >= 15 is 0 Å². The first-order chi connectivity index (χ1) is 9.10. The Morgan fingerprint density at radius 2 is 2.16 bits per heavy atom. The molecule has 0 aliphatic heterocycles. The number of nitrogens with zero attached hydrogens (tertiary/aromatic N) is 3. The number of ether oxygens (including phenoxy) is 1. The fraction of sp³-hybridized carbons (Fsp3) is 0. The lowest BCUT2D eigenvalue weighted by molar-refractivity contribution is -0.384. The van der Waals surface area contributed by atoms with E-state index in [1.165, 1.54) is 30.5 Å². The van der Waals surface area contributed by atoms with Crippen molar-refractivity contribution in [3.05, 3.63) is 56.8 Å². The van der Waals surface area contributed by atoms with Gasteiger partial charge in [-0.2, -0.15) is 5.26 Å². The molecule has 2 aromatic rings. The molecule has 0 saturated carbocycles. The lowest BCUT2D eigenvalue weighted by atomic mass is 10.3. The molecule has 0 aliphatic rings. The molecule has 7 heteroatoms. The predicted octanol–water partition coefficient (Wildman–Crippen LogP) is 3.42. The number of hydrogen-bond acceptors (Lipinski definition) is 5. The molecular weight excluding hydrogens is 314 g/mol. The number of aromatic nitrogens is 1. The number of halogens is 1. The van der Waals surface area contributed by atoms with Crippen molar-refractivity contribution in [1.29, 1.82) is 5.26 Å². The van der Waals surface area contributed by atoms with Gasteiger partial charge >= 0.3 is 0 Å². The fourth-order valence-corrected chi connectivity index (χ4v) is 1.65. The van der Waals surface area contributed by atoms with Gasteiger partial charge in [0.25, 0.3) is 5.69 Å². The molecule has 0 bridgehead atoms. The van der Waals surface area contributed by atoms with Gasteiger partial charge in [0.15, 0.2) is 0 Å². The largest absolute Gasteiger partial charge is 0.454 e. The summed E-state index contributed by atoms with van der Waals surface area (Å²) in [5, 5.41) is 19.3. The van der Waals surface area contributed by atoms with Crippen molar-refractivity contribution < 1.29 is 9.66 Å². The molecular formula is C12H6BrN3O3. The van der Waals surface area contributed by atoms with Crippen LogP contribution in [0, 0.1) is 21.4 Å². The zero-order valence-corrected chi connectivity index (χ0v) is 11.0. The van der Waals surface area contributed by atoms with Crippen molar-refractivity contribution in [2.24, 2.45) is 0 Å². The summed E-state index contributed by atoms with van der Waals surface area (Å²) in [6, 6.07) is 9.16. The maximum Gasteiger partial charge on any atom is 0.273 e. The van der Waals surface area contributed by atoms with Crippen molar-refractivity contribution in [3.63, 3.8) is 0 Å². The first kappa shape index (κ1) is 13.0. The van der Waals surface area contributed by atoms with E-state index in [0.29, 0.717) is 16.0 Å². The molecule has 2 rings (SSSR count). The van der Waals surface area contributed by atoms with Crippen molar-refractivity contribution in [1.82, 2.24) is 4.98 Å². The molecule has 0 saturated heterocycles. The second kappa shape index (κ2) is 5.46. The minimum atomic E-state index is -0.504. The molecule has 0 spiro atoms. The van der Waals surface area contributed by atoms with Crippen LogP contribution < -0.4 is 4.74 Å². The number of hydrogen-bond donors (Lipinski definition) is 0. The number of nitro benzene ring substituents is 1. The minimum Gasteiger partial charge on any atom is -0.454 e. The molecule has 0 amide bonds. The SMILES string of the molecule is N#Cc1ccc(Oc2cc([N+](=O)[O-])ccc2Br)cn1. The van der Waals surface area contributed by atoms with Gasteiger partial charge in [-0.3, -0.25) is 10.1 Å². The third kappa shape index (κ3) is 3.05. The van der Waals surface area contributed by atoms with Crippen LogP contribution in [-0.4, -0.2) is 9.91 Å². The third-order valence-electron chi connectivity index (χ3n) is 2.20. The molecule has 1 aromatic heterocycles. The summed E-state index contributed by atoms with van der Waals surface area (Å²) in [7, 11) is 0. The zero-order chi connectivity index (χ0) is 13.8. The molecule has 0 atom stereocenters. The Kier molecular flexibility index (Phi) is 3.73. The molecule has 0 radical (unpaired) electrons. The Labute approximate surface area is 116 Å². The normalized spacial score (nSPS) is 9.68. The fourth-order valence-electron chi connectivity index (χ4n) is 1.32. The van der Waals surface area contributed by atoms with Gasteiger partial charge in [0.1, 0.15) is 23.3 Å². The zero-order valence-electron chi connectivity index (χ0n) is 9.41. The summed E-state index contributed by atoms with van der Waals surface area (Å²) in [6.07, 6.45) is 1.38. The summed E-state index contributed by atoms with van der Waals surface area (Å²) in [5.74, 6) is 0.695. The molecule has 0 unspecified atom stereocenters. The summed E-state index contributed by atoms with van der Waals surface area (Å²) in [6.45, 7) is 0. The quantitative estimate of drug-likeness (QED) is 0.638. The standard InChI is InChI=1S/C12H6BrN3O3/c13-11-4-2-9(16(17)18)5-12(11)19-10-3-1-8(6-14)15-7-10/h1-5,7H.